The Balaban J connectivity index is 0.891. The molecule has 1 saturated carbocycles. The first-order chi connectivity index (χ1) is 30.9. The second-order valence-electron chi connectivity index (χ2n) is 18.1. The van der Waals surface area contributed by atoms with Gasteiger partial charge in [-0.1, -0.05) is 91.7 Å². The van der Waals surface area contributed by atoms with Gasteiger partial charge in [-0.25, -0.2) is 14.8 Å². The minimum atomic E-state index is -1.31. The molecule has 2 saturated heterocycles. The molecule has 14 heteroatoms. The van der Waals surface area contributed by atoms with Crippen LogP contribution in [0, 0.1) is 11.8 Å². The van der Waals surface area contributed by atoms with Crippen LogP contribution in [0.25, 0.3) is 55.0 Å². The van der Waals surface area contributed by atoms with Crippen molar-refractivity contribution in [3.63, 3.8) is 0 Å². The number of nitrogens with zero attached hydrogens (tertiary/aromatic N) is 5. The molecule has 5 N–H and O–H groups in total. The van der Waals surface area contributed by atoms with Gasteiger partial charge in [0.15, 0.2) is 6.04 Å². The first kappa shape index (κ1) is 41.4. The van der Waals surface area contributed by atoms with Crippen molar-refractivity contribution in [3.8, 4) is 22.4 Å². The number of methoxy groups -OCH3 is 1. The van der Waals surface area contributed by atoms with Gasteiger partial charge >= 0.3 is 12.2 Å². The molecular weight excluding hydrogens is 809 g/mol. The van der Waals surface area contributed by atoms with Crippen molar-refractivity contribution in [2.24, 2.45) is 11.8 Å². The van der Waals surface area contributed by atoms with Gasteiger partial charge in [-0.3, -0.25) is 4.79 Å². The van der Waals surface area contributed by atoms with Crippen molar-refractivity contribution >= 4 is 50.7 Å². The summed E-state index contributed by atoms with van der Waals surface area (Å²) in [7, 11) is 1.30. The predicted octanol–water partition coefficient (Wildman–Crippen LogP) is 10.1. The van der Waals surface area contributed by atoms with Gasteiger partial charge in [0, 0.05) is 27.8 Å². The van der Waals surface area contributed by atoms with Crippen LogP contribution in [-0.2, 0) is 9.53 Å². The van der Waals surface area contributed by atoms with Crippen LogP contribution in [0.2, 0.25) is 0 Å². The summed E-state index contributed by atoms with van der Waals surface area (Å²) in [5, 5.41) is 31.4. The first-order valence-electron chi connectivity index (χ1n) is 22.3. The predicted molar refractivity (Wildman–Crippen MR) is 243 cm³/mol. The van der Waals surface area contributed by atoms with Crippen molar-refractivity contribution in [2.45, 2.75) is 83.1 Å². The summed E-state index contributed by atoms with van der Waals surface area (Å²) >= 11 is 0. The van der Waals surface area contributed by atoms with Crippen LogP contribution in [-0.4, -0.2) is 88.7 Å². The monoisotopic (exact) mass is 861 g/mol. The topological polar surface area (TPSA) is 177 Å². The van der Waals surface area contributed by atoms with Crippen molar-refractivity contribution < 1.29 is 34.2 Å². The molecule has 3 fully saturated rings. The number of alkyl carbamates (subject to hydrolysis) is 1. The third-order valence-electron chi connectivity index (χ3n) is 14.1. The highest BCUT2D eigenvalue weighted by atomic mass is 16.7. The van der Waals surface area contributed by atoms with Gasteiger partial charge in [-0.2, -0.15) is 10.0 Å². The number of aromatic amines is 2. The Bertz CT molecular complexity index is 2930. The summed E-state index contributed by atoms with van der Waals surface area (Å²) in [5.41, 5.74) is 6.45. The smallest absolute Gasteiger partial charge is 0.453 e. The van der Waals surface area contributed by atoms with E-state index in [2.05, 4.69) is 75.9 Å². The second-order valence-corrected chi connectivity index (χ2v) is 18.1. The number of nitrogens with one attached hydrogen (secondary N) is 3. The summed E-state index contributed by atoms with van der Waals surface area (Å²) in [5.74, 6) is 1.32. The number of hydroxylamine groups is 2. The number of rotatable bonds is 10. The van der Waals surface area contributed by atoms with E-state index in [1.54, 1.807) is 11.9 Å². The van der Waals surface area contributed by atoms with E-state index in [1.807, 2.05) is 61.3 Å². The number of hydrogen-bond acceptors (Lipinski definition) is 8. The van der Waals surface area contributed by atoms with Crippen molar-refractivity contribution in [2.75, 3.05) is 13.7 Å². The molecule has 2 aromatic heterocycles. The normalized spacial score (nSPS) is 21.8. The SMILES string of the molecule is COC(=O)NC(C(=O)N1CCCC1c1nc2c(ccc3cc(-c4ccc5cc(-c6cnc([C@@H]7[C@H]8CC[C@H](C8)N7[N+](O)(C(=O)O)C(C)c7ccccc7)[nH]6)ccc5c4)ccc32)[nH]1)C(C)C. The number of aromatic nitrogens is 4. The highest BCUT2D eigenvalue weighted by molar-refractivity contribution is 6.05. The van der Waals surface area contributed by atoms with Crippen LogP contribution in [0.15, 0.2) is 103 Å². The second kappa shape index (κ2) is 16.2. The number of carboxylic acid groups (broad SMARTS) is 1. The molecule has 10 rings (SSSR count). The first-order valence-corrected chi connectivity index (χ1v) is 22.3. The molecule has 0 radical (unpaired) electrons. The Morgan fingerprint density at radius 3 is 2.28 bits per heavy atom. The summed E-state index contributed by atoms with van der Waals surface area (Å²) < 4.78 is 3.57. The average Bonchev–Trinajstić information content (AvgIpc) is 4.18. The number of carbonyl (C=O) groups excluding carboxylic acids is 2. The fourth-order valence-corrected chi connectivity index (χ4v) is 10.7. The van der Waals surface area contributed by atoms with Gasteiger partial charge in [0.1, 0.15) is 23.7 Å². The Hall–Kier alpha value is -6.61. The maximum absolute atomic E-state index is 13.7. The zero-order valence-corrected chi connectivity index (χ0v) is 36.4. The number of fused-ring (bicyclic) bond motifs is 6. The summed E-state index contributed by atoms with van der Waals surface area (Å²) in [4.78, 5) is 57.6. The quantitative estimate of drug-likeness (QED) is 0.0509. The number of quaternary nitrogens is 1. The number of piperidine rings is 1. The lowest BCUT2D eigenvalue weighted by atomic mass is 9.97. The third-order valence-corrected chi connectivity index (χ3v) is 14.1. The molecule has 64 heavy (non-hydrogen) atoms. The van der Waals surface area contributed by atoms with Crippen LogP contribution in [0.3, 0.4) is 0 Å². The maximum atomic E-state index is 13.7. The minimum Gasteiger partial charge on any atom is -0.453 e. The standard InChI is InChI=1S/C50H52N8O6/c1-28(2)43(55-49(60)64-4)48(59)56-22-8-11-42(56)46-52-40-21-18-35-24-34(17-20-39(35)44(40)54-46)31-12-13-33-25-36(15-14-32(33)23-31)41-27-51-47(53-41)45-37-16-19-38(26-37)57(45)58(63,50(61)62)29(3)30-9-6-5-7-10-30/h5-7,9-10,12-15,17-18,20-21,23-25,27-29,37-38,42-43,45,63H,8,11,16,19,22,26H2,1-4H3,(H3-,51,52,53,54,55,60,61,62)/p+1/t29?,37-,38+,42?,43?,45-,58?/m0/s1. The third kappa shape index (κ3) is 6.96. The van der Waals surface area contributed by atoms with Gasteiger partial charge in [-0.05, 0) is 102 Å². The Kier molecular flexibility index (Phi) is 10.5. The number of H-pyrrole nitrogens is 2. The molecule has 3 aliphatic rings. The van der Waals surface area contributed by atoms with E-state index in [4.69, 9.17) is 14.7 Å². The van der Waals surface area contributed by atoms with Gasteiger partial charge in [0.05, 0.1) is 42.1 Å². The van der Waals surface area contributed by atoms with Gasteiger partial charge in [-0.15, -0.1) is 0 Å². The molecule has 4 unspecified atom stereocenters. The van der Waals surface area contributed by atoms with Crippen LogP contribution in [0.4, 0.5) is 9.59 Å². The van der Waals surface area contributed by atoms with Crippen LogP contribution >= 0.6 is 0 Å². The molecule has 5 aromatic carbocycles. The van der Waals surface area contributed by atoms with E-state index < -0.39 is 29.0 Å². The molecule has 0 spiro atoms. The van der Waals surface area contributed by atoms with Gasteiger partial charge < -0.3 is 30.0 Å². The molecule has 14 nitrogen and oxygen atoms in total. The number of benzene rings is 5. The van der Waals surface area contributed by atoms with Crippen LogP contribution < -0.4 is 5.32 Å². The number of imidazole rings is 2. The fraction of sp³-hybridized carbons (Fsp3) is 0.340. The van der Waals surface area contributed by atoms with Crippen molar-refractivity contribution in [1.82, 2.24) is 35.2 Å². The number of likely N-dealkylation sites (tertiary alicyclic amines) is 1. The number of hydrogen-bond donors (Lipinski definition) is 5. The zero-order chi connectivity index (χ0) is 44.4. The molecule has 7 atom stereocenters. The van der Waals surface area contributed by atoms with E-state index in [0.717, 1.165) is 98.5 Å². The molecule has 2 bridgehead atoms. The highest BCUT2D eigenvalue weighted by Gasteiger charge is 2.63. The van der Waals surface area contributed by atoms with E-state index in [9.17, 15) is 24.7 Å². The summed E-state index contributed by atoms with van der Waals surface area (Å²) in [6, 6.07) is 30.6. The molecule has 2 aliphatic heterocycles. The summed E-state index contributed by atoms with van der Waals surface area (Å²) in [6.07, 6.45) is 4.08. The van der Waals surface area contributed by atoms with Crippen LogP contribution in [0.1, 0.15) is 88.2 Å². The average molecular weight is 862 g/mol. The van der Waals surface area contributed by atoms with E-state index in [0.29, 0.717) is 12.4 Å². The van der Waals surface area contributed by atoms with Crippen LogP contribution in [0.5, 0.6) is 0 Å². The highest BCUT2D eigenvalue weighted by Crippen LogP contribution is 2.54. The molecule has 328 valence electrons. The van der Waals surface area contributed by atoms with Gasteiger partial charge in [0.2, 0.25) is 5.91 Å². The Morgan fingerprint density at radius 2 is 1.55 bits per heavy atom. The molecular formula is C50H53N8O6+. The van der Waals surface area contributed by atoms with E-state index in [1.165, 1.54) is 7.11 Å². The summed E-state index contributed by atoms with van der Waals surface area (Å²) in [6.45, 7) is 6.17. The van der Waals surface area contributed by atoms with Crippen molar-refractivity contribution in [3.05, 3.63) is 120 Å². The van der Waals surface area contributed by atoms with E-state index in [-0.39, 0.29) is 35.9 Å². The Labute approximate surface area is 370 Å². The largest absolute Gasteiger partial charge is 0.568 e. The number of ether oxygens (including phenoxy) is 1. The Morgan fingerprint density at radius 1 is 0.844 bits per heavy atom. The lowest BCUT2D eigenvalue weighted by Crippen LogP contribution is -2.65. The maximum Gasteiger partial charge on any atom is 0.568 e. The molecule has 7 aromatic rings. The number of carbonyl (C=O) groups is 3. The fourth-order valence-electron chi connectivity index (χ4n) is 10.7. The lowest BCUT2D eigenvalue weighted by Gasteiger charge is -2.43. The minimum absolute atomic E-state index is 0.0815. The van der Waals surface area contributed by atoms with Gasteiger partial charge in [0.25, 0.3) is 0 Å². The lowest BCUT2D eigenvalue weighted by molar-refractivity contribution is -1.16. The molecule has 1 aliphatic carbocycles. The molecule has 3 amide bonds. The van der Waals surface area contributed by atoms with Crippen molar-refractivity contribution in [1.29, 1.82) is 0 Å². The zero-order valence-electron chi connectivity index (χ0n) is 36.4. The molecule has 4 heterocycles. The van der Waals surface area contributed by atoms with E-state index >= 15 is 0 Å². The number of amides is 3.